The highest BCUT2D eigenvalue weighted by atomic mass is 16.2. The van der Waals surface area contributed by atoms with Gasteiger partial charge in [-0.1, -0.05) is 6.42 Å². The summed E-state index contributed by atoms with van der Waals surface area (Å²) < 4.78 is 2.26. The minimum atomic E-state index is -0.0531. The summed E-state index contributed by atoms with van der Waals surface area (Å²) in [4.78, 5) is 42.7. The van der Waals surface area contributed by atoms with Gasteiger partial charge in [0.1, 0.15) is 12.2 Å². The Morgan fingerprint density at radius 2 is 2.00 bits per heavy atom. The zero-order valence-corrected chi connectivity index (χ0v) is 18.8. The molecule has 32 heavy (non-hydrogen) atoms. The Labute approximate surface area is 188 Å². The molecule has 2 aromatic rings. The predicted molar refractivity (Wildman–Crippen MR) is 121 cm³/mol. The molecule has 2 fully saturated rings. The lowest BCUT2D eigenvalue weighted by molar-refractivity contribution is -0.127. The van der Waals surface area contributed by atoms with Crippen LogP contribution >= 0.6 is 0 Å². The summed E-state index contributed by atoms with van der Waals surface area (Å²) in [5.74, 6) is 2.27. The normalized spacial score (nSPS) is 21.6. The monoisotopic (exact) mass is 439 g/mol. The fourth-order valence-electron chi connectivity index (χ4n) is 5.31. The van der Waals surface area contributed by atoms with E-state index in [0.717, 1.165) is 87.5 Å². The standard InChI is InChI=1S/C23H33N7O2/c31-19-9-5-11-28(19)13-6-10-24-23(32)17-7-4-12-29(15-17)21-20-22(26-16-25-21)30-14-3-1-2-8-18(30)27-20/h16-17H,1-15H2,(H,24,32)/t17-/m0/s1. The van der Waals surface area contributed by atoms with Gasteiger partial charge >= 0.3 is 0 Å². The summed E-state index contributed by atoms with van der Waals surface area (Å²) >= 11 is 0. The average Bonchev–Trinajstić information content (AvgIpc) is 3.30. The lowest BCUT2D eigenvalue weighted by atomic mass is 9.97. The third-order valence-electron chi connectivity index (χ3n) is 7.04. The molecule has 3 aliphatic rings. The molecule has 0 spiro atoms. The first-order chi connectivity index (χ1) is 15.7. The topological polar surface area (TPSA) is 96.2 Å². The molecule has 5 heterocycles. The molecule has 9 heteroatoms. The molecule has 1 atom stereocenters. The second-order valence-electron chi connectivity index (χ2n) is 9.27. The summed E-state index contributed by atoms with van der Waals surface area (Å²) in [5.41, 5.74) is 1.80. The second-order valence-corrected chi connectivity index (χ2v) is 9.27. The van der Waals surface area contributed by atoms with Gasteiger partial charge in [-0.15, -0.1) is 0 Å². The summed E-state index contributed by atoms with van der Waals surface area (Å²) in [6.45, 7) is 4.72. The number of hydrogen-bond donors (Lipinski definition) is 1. The van der Waals surface area contributed by atoms with Crippen molar-refractivity contribution in [2.45, 2.75) is 64.3 Å². The number of aromatic nitrogens is 4. The van der Waals surface area contributed by atoms with Crippen LogP contribution in [0.15, 0.2) is 6.33 Å². The number of amides is 2. The van der Waals surface area contributed by atoms with E-state index in [1.165, 1.54) is 12.8 Å². The van der Waals surface area contributed by atoms with Crippen LogP contribution in [0.5, 0.6) is 0 Å². The van der Waals surface area contributed by atoms with Gasteiger partial charge in [-0.2, -0.15) is 0 Å². The number of nitrogens with zero attached hydrogens (tertiary/aromatic N) is 6. The van der Waals surface area contributed by atoms with E-state index >= 15 is 0 Å². The Kier molecular flexibility index (Phi) is 6.23. The lowest BCUT2D eigenvalue weighted by Gasteiger charge is -2.32. The highest BCUT2D eigenvalue weighted by Gasteiger charge is 2.29. The van der Waals surface area contributed by atoms with Crippen molar-refractivity contribution in [1.29, 1.82) is 0 Å². The number of likely N-dealkylation sites (tertiary alicyclic amines) is 1. The Bertz CT molecular complexity index is 988. The van der Waals surface area contributed by atoms with Gasteiger partial charge in [0.05, 0.1) is 5.92 Å². The van der Waals surface area contributed by atoms with Crippen molar-refractivity contribution >= 4 is 28.8 Å². The van der Waals surface area contributed by atoms with Crippen LogP contribution in [0.4, 0.5) is 5.82 Å². The largest absolute Gasteiger partial charge is 0.356 e. The highest BCUT2D eigenvalue weighted by Crippen LogP contribution is 2.29. The molecule has 5 rings (SSSR count). The smallest absolute Gasteiger partial charge is 0.224 e. The average molecular weight is 440 g/mol. The van der Waals surface area contributed by atoms with Crippen molar-refractivity contribution in [2.75, 3.05) is 37.6 Å². The number of anilines is 1. The number of rotatable bonds is 6. The van der Waals surface area contributed by atoms with Gasteiger partial charge < -0.3 is 19.7 Å². The molecule has 0 aliphatic carbocycles. The number of piperidine rings is 1. The highest BCUT2D eigenvalue weighted by molar-refractivity contribution is 5.85. The van der Waals surface area contributed by atoms with E-state index in [2.05, 4.69) is 24.8 Å². The quantitative estimate of drug-likeness (QED) is 0.691. The van der Waals surface area contributed by atoms with Crippen molar-refractivity contribution in [3.63, 3.8) is 0 Å². The van der Waals surface area contributed by atoms with Gasteiger partial charge in [-0.05, 0) is 38.5 Å². The van der Waals surface area contributed by atoms with Gasteiger partial charge in [-0.25, -0.2) is 15.0 Å². The van der Waals surface area contributed by atoms with Crippen molar-refractivity contribution in [3.05, 3.63) is 12.2 Å². The first kappa shape index (κ1) is 21.2. The van der Waals surface area contributed by atoms with Gasteiger partial charge in [0, 0.05) is 52.1 Å². The van der Waals surface area contributed by atoms with E-state index in [4.69, 9.17) is 4.98 Å². The summed E-state index contributed by atoms with van der Waals surface area (Å²) in [5, 5.41) is 3.09. The van der Waals surface area contributed by atoms with Crippen LogP contribution < -0.4 is 10.2 Å². The molecule has 0 aromatic carbocycles. The molecule has 2 aromatic heterocycles. The molecular weight excluding hydrogens is 406 g/mol. The van der Waals surface area contributed by atoms with E-state index in [1.807, 2.05) is 4.90 Å². The second kappa shape index (κ2) is 9.42. The van der Waals surface area contributed by atoms with E-state index in [1.54, 1.807) is 6.33 Å². The Balaban J connectivity index is 1.21. The molecular formula is C23H33N7O2. The fraction of sp³-hybridized carbons (Fsp3) is 0.696. The van der Waals surface area contributed by atoms with E-state index < -0.39 is 0 Å². The first-order valence-electron chi connectivity index (χ1n) is 12.2. The van der Waals surface area contributed by atoms with Crippen molar-refractivity contribution < 1.29 is 9.59 Å². The SMILES string of the molecule is O=C(NCCCN1CCCC1=O)[C@H]1CCCN(c2ncnc3c2nc2n3CCCCC2)C1. The van der Waals surface area contributed by atoms with E-state index in [9.17, 15) is 9.59 Å². The number of aryl methyl sites for hydroxylation is 2. The third kappa shape index (κ3) is 4.29. The summed E-state index contributed by atoms with van der Waals surface area (Å²) in [6, 6.07) is 0. The fourth-order valence-corrected chi connectivity index (χ4v) is 5.31. The van der Waals surface area contributed by atoms with Crippen LogP contribution in [0, 0.1) is 5.92 Å². The van der Waals surface area contributed by atoms with Crippen molar-refractivity contribution in [1.82, 2.24) is 29.7 Å². The molecule has 172 valence electrons. The number of carbonyl (C=O) groups is 2. The maximum absolute atomic E-state index is 12.8. The predicted octanol–water partition coefficient (Wildman–Crippen LogP) is 1.90. The number of hydrogen-bond acceptors (Lipinski definition) is 6. The zero-order chi connectivity index (χ0) is 21.9. The number of fused-ring (bicyclic) bond motifs is 3. The van der Waals surface area contributed by atoms with Crippen molar-refractivity contribution in [3.8, 4) is 0 Å². The molecule has 9 nitrogen and oxygen atoms in total. The minimum Gasteiger partial charge on any atom is -0.356 e. The summed E-state index contributed by atoms with van der Waals surface area (Å²) in [6.07, 6.45) is 10.5. The van der Waals surface area contributed by atoms with Crippen LogP contribution in [-0.2, 0) is 22.6 Å². The van der Waals surface area contributed by atoms with E-state index in [0.29, 0.717) is 19.5 Å². The molecule has 0 unspecified atom stereocenters. The van der Waals surface area contributed by atoms with E-state index in [-0.39, 0.29) is 17.7 Å². The molecule has 1 N–H and O–H groups in total. The maximum atomic E-state index is 12.8. The lowest BCUT2D eigenvalue weighted by Crippen LogP contribution is -2.44. The number of nitrogens with one attached hydrogen (secondary N) is 1. The Hall–Kier alpha value is -2.71. The molecule has 0 radical (unpaired) electrons. The van der Waals surface area contributed by atoms with Crippen LogP contribution in [-0.4, -0.2) is 69.0 Å². The van der Waals surface area contributed by atoms with Gasteiger partial charge in [0.2, 0.25) is 11.8 Å². The molecule has 0 saturated carbocycles. The third-order valence-corrected chi connectivity index (χ3v) is 7.04. The first-order valence-corrected chi connectivity index (χ1v) is 12.2. The zero-order valence-electron chi connectivity index (χ0n) is 18.8. The Morgan fingerprint density at radius 1 is 1.06 bits per heavy atom. The van der Waals surface area contributed by atoms with Gasteiger partial charge in [0.25, 0.3) is 0 Å². The number of imidazole rings is 1. The minimum absolute atomic E-state index is 0.0531. The van der Waals surface area contributed by atoms with Gasteiger partial charge in [0.15, 0.2) is 17.0 Å². The maximum Gasteiger partial charge on any atom is 0.224 e. The van der Waals surface area contributed by atoms with Crippen LogP contribution in [0.2, 0.25) is 0 Å². The van der Waals surface area contributed by atoms with Crippen LogP contribution in [0.25, 0.3) is 11.2 Å². The summed E-state index contributed by atoms with van der Waals surface area (Å²) in [7, 11) is 0. The molecule has 0 bridgehead atoms. The molecule has 2 amide bonds. The van der Waals surface area contributed by atoms with Gasteiger partial charge in [-0.3, -0.25) is 9.59 Å². The van der Waals surface area contributed by atoms with Crippen LogP contribution in [0.3, 0.4) is 0 Å². The van der Waals surface area contributed by atoms with Crippen LogP contribution in [0.1, 0.15) is 57.2 Å². The molecule has 3 aliphatic heterocycles. The number of carbonyl (C=O) groups excluding carboxylic acids is 2. The van der Waals surface area contributed by atoms with Crippen molar-refractivity contribution in [2.24, 2.45) is 5.92 Å². The molecule has 2 saturated heterocycles. The Morgan fingerprint density at radius 3 is 2.88 bits per heavy atom.